The van der Waals surface area contributed by atoms with Crippen LogP contribution in [0.4, 0.5) is 0 Å². The van der Waals surface area contributed by atoms with E-state index in [2.05, 4.69) is 5.32 Å². The van der Waals surface area contributed by atoms with E-state index in [-0.39, 0.29) is 23.6 Å². The van der Waals surface area contributed by atoms with Gasteiger partial charge in [0.1, 0.15) is 12.1 Å². The zero-order valence-electron chi connectivity index (χ0n) is 15.6. The molecule has 2 atom stereocenters. The second kappa shape index (κ2) is 7.71. The Balaban J connectivity index is 1.41. The van der Waals surface area contributed by atoms with Crippen molar-refractivity contribution in [1.82, 2.24) is 15.1 Å². The van der Waals surface area contributed by atoms with Gasteiger partial charge in [0.05, 0.1) is 6.54 Å². The first-order valence-corrected chi connectivity index (χ1v) is 10.1. The highest BCUT2D eigenvalue weighted by atomic mass is 16.2. The van der Waals surface area contributed by atoms with E-state index in [1.54, 1.807) is 4.90 Å². The summed E-state index contributed by atoms with van der Waals surface area (Å²) < 4.78 is 0. The molecule has 0 bridgehead atoms. The summed E-state index contributed by atoms with van der Waals surface area (Å²) in [6, 6.07) is 8.66. The van der Waals surface area contributed by atoms with Crippen LogP contribution in [-0.4, -0.2) is 59.2 Å². The van der Waals surface area contributed by atoms with Gasteiger partial charge in [-0.25, -0.2) is 0 Å². The molecule has 1 aliphatic carbocycles. The third-order valence-electron chi connectivity index (χ3n) is 6.13. The molecule has 0 spiro atoms. The van der Waals surface area contributed by atoms with E-state index in [4.69, 9.17) is 0 Å². The molecule has 2 saturated heterocycles. The molecule has 1 N–H and O–H groups in total. The van der Waals surface area contributed by atoms with Crippen LogP contribution in [0.15, 0.2) is 30.3 Å². The number of hydrogen-bond acceptors (Lipinski definition) is 3. The summed E-state index contributed by atoms with van der Waals surface area (Å²) in [4.78, 5) is 41.9. The lowest BCUT2D eigenvalue weighted by atomic mass is 9.88. The van der Waals surface area contributed by atoms with Crippen LogP contribution in [0.2, 0.25) is 0 Å². The number of benzene rings is 1. The summed E-state index contributed by atoms with van der Waals surface area (Å²) in [5.74, 6) is 0.0874. The minimum absolute atomic E-state index is 0.0341. The molecule has 0 unspecified atom stereocenters. The minimum Gasteiger partial charge on any atom is -0.342 e. The maximum absolute atomic E-state index is 12.9. The fourth-order valence-corrected chi connectivity index (χ4v) is 4.60. The van der Waals surface area contributed by atoms with Gasteiger partial charge >= 0.3 is 0 Å². The van der Waals surface area contributed by atoms with Crippen LogP contribution >= 0.6 is 0 Å². The van der Waals surface area contributed by atoms with Gasteiger partial charge in [-0.1, -0.05) is 49.6 Å². The standard InChI is InChI=1S/C21H27N3O3/c25-19-18-14-23(20(26)16-9-5-2-6-10-16)11-12-24(18)21(27)17(22-19)13-15-7-3-1-4-8-15/h1,3-4,7-8,16-18H,2,5-6,9-14H2,(H,22,25)/t17-,18+/m0/s1. The highest BCUT2D eigenvalue weighted by Crippen LogP contribution is 2.27. The van der Waals surface area contributed by atoms with Gasteiger partial charge in [0.25, 0.3) is 0 Å². The summed E-state index contributed by atoms with van der Waals surface area (Å²) in [5.41, 5.74) is 1.03. The largest absolute Gasteiger partial charge is 0.342 e. The van der Waals surface area contributed by atoms with Crippen molar-refractivity contribution in [1.29, 1.82) is 0 Å². The number of hydrogen-bond donors (Lipinski definition) is 1. The van der Waals surface area contributed by atoms with Gasteiger partial charge in [-0.15, -0.1) is 0 Å². The molecule has 4 rings (SSSR count). The van der Waals surface area contributed by atoms with Crippen molar-refractivity contribution in [2.24, 2.45) is 5.92 Å². The van der Waals surface area contributed by atoms with Gasteiger partial charge in [0.15, 0.2) is 0 Å². The molecule has 1 aromatic carbocycles. The Labute approximate surface area is 159 Å². The van der Waals surface area contributed by atoms with Crippen molar-refractivity contribution in [3.63, 3.8) is 0 Å². The fourth-order valence-electron chi connectivity index (χ4n) is 4.60. The van der Waals surface area contributed by atoms with E-state index >= 15 is 0 Å². The van der Waals surface area contributed by atoms with Crippen LogP contribution < -0.4 is 5.32 Å². The van der Waals surface area contributed by atoms with Crippen LogP contribution in [0, 0.1) is 5.92 Å². The smallest absolute Gasteiger partial charge is 0.246 e. The molecule has 0 radical (unpaired) electrons. The van der Waals surface area contributed by atoms with Gasteiger partial charge in [-0.05, 0) is 18.4 Å². The van der Waals surface area contributed by atoms with Crippen LogP contribution in [0.1, 0.15) is 37.7 Å². The van der Waals surface area contributed by atoms with Crippen molar-refractivity contribution < 1.29 is 14.4 Å². The maximum atomic E-state index is 12.9. The summed E-state index contributed by atoms with van der Waals surface area (Å²) >= 11 is 0. The Morgan fingerprint density at radius 2 is 1.78 bits per heavy atom. The van der Waals surface area contributed by atoms with Crippen molar-refractivity contribution in [3.05, 3.63) is 35.9 Å². The quantitative estimate of drug-likeness (QED) is 0.874. The molecule has 6 heteroatoms. The van der Waals surface area contributed by atoms with E-state index in [1.807, 2.05) is 35.2 Å². The Bertz CT molecular complexity index is 715. The summed E-state index contributed by atoms with van der Waals surface area (Å²) in [6.07, 6.45) is 5.83. The number of nitrogens with one attached hydrogen (secondary N) is 1. The third-order valence-corrected chi connectivity index (χ3v) is 6.13. The number of fused-ring (bicyclic) bond motifs is 1. The second-order valence-corrected chi connectivity index (χ2v) is 7.92. The Morgan fingerprint density at radius 1 is 1.04 bits per heavy atom. The van der Waals surface area contributed by atoms with Gasteiger partial charge in [0, 0.05) is 25.4 Å². The molecule has 1 aromatic rings. The van der Waals surface area contributed by atoms with Crippen molar-refractivity contribution in [3.8, 4) is 0 Å². The topological polar surface area (TPSA) is 69.7 Å². The summed E-state index contributed by atoms with van der Waals surface area (Å²) in [7, 11) is 0. The molecule has 3 fully saturated rings. The number of amides is 3. The fraction of sp³-hybridized carbons (Fsp3) is 0.571. The minimum atomic E-state index is -0.550. The number of nitrogens with zero attached hydrogens (tertiary/aromatic N) is 2. The van der Waals surface area contributed by atoms with Crippen LogP contribution in [0.5, 0.6) is 0 Å². The molecule has 6 nitrogen and oxygen atoms in total. The third kappa shape index (κ3) is 3.70. The average Bonchev–Trinajstić information content (AvgIpc) is 2.72. The van der Waals surface area contributed by atoms with Crippen molar-refractivity contribution in [2.45, 2.75) is 50.6 Å². The zero-order valence-corrected chi connectivity index (χ0v) is 15.6. The first-order valence-electron chi connectivity index (χ1n) is 10.1. The summed E-state index contributed by atoms with van der Waals surface area (Å²) in [6.45, 7) is 1.30. The average molecular weight is 369 g/mol. The van der Waals surface area contributed by atoms with E-state index in [0.29, 0.717) is 26.1 Å². The number of carbonyl (C=O) groups is 3. The number of carbonyl (C=O) groups excluding carboxylic acids is 3. The molecule has 3 amide bonds. The van der Waals surface area contributed by atoms with Crippen molar-refractivity contribution in [2.75, 3.05) is 19.6 Å². The molecule has 144 valence electrons. The van der Waals surface area contributed by atoms with E-state index in [0.717, 1.165) is 31.2 Å². The van der Waals surface area contributed by atoms with Gasteiger partial charge < -0.3 is 15.1 Å². The number of rotatable bonds is 3. The zero-order chi connectivity index (χ0) is 18.8. The highest BCUT2D eigenvalue weighted by molar-refractivity contribution is 5.98. The van der Waals surface area contributed by atoms with E-state index in [9.17, 15) is 14.4 Å². The van der Waals surface area contributed by atoms with Crippen LogP contribution in [0.25, 0.3) is 0 Å². The lowest BCUT2D eigenvalue weighted by Crippen LogP contribution is -2.70. The normalized spacial score (nSPS) is 26.5. The highest BCUT2D eigenvalue weighted by Gasteiger charge is 2.44. The SMILES string of the molecule is O=C1N[C@@H](Cc2ccccc2)C(=O)N2CCN(C(=O)C3CCCCC3)C[C@H]12. The summed E-state index contributed by atoms with van der Waals surface area (Å²) in [5, 5.41) is 2.88. The van der Waals surface area contributed by atoms with Crippen LogP contribution in [0.3, 0.4) is 0 Å². The lowest BCUT2D eigenvalue weighted by Gasteiger charge is -2.46. The van der Waals surface area contributed by atoms with Crippen LogP contribution in [-0.2, 0) is 20.8 Å². The molecule has 2 heterocycles. The molecule has 0 aromatic heterocycles. The Hall–Kier alpha value is -2.37. The Kier molecular flexibility index (Phi) is 5.14. The molecule has 3 aliphatic rings. The molecule has 2 aliphatic heterocycles. The predicted octanol–water partition coefficient (Wildman–Crippen LogP) is 1.35. The van der Waals surface area contributed by atoms with E-state index in [1.165, 1.54) is 6.42 Å². The molecular weight excluding hydrogens is 342 g/mol. The lowest BCUT2D eigenvalue weighted by molar-refractivity contribution is -0.156. The molecule has 27 heavy (non-hydrogen) atoms. The molecule has 1 saturated carbocycles. The van der Waals surface area contributed by atoms with Gasteiger partial charge in [-0.3, -0.25) is 14.4 Å². The van der Waals surface area contributed by atoms with Crippen molar-refractivity contribution >= 4 is 17.7 Å². The van der Waals surface area contributed by atoms with Gasteiger partial charge in [-0.2, -0.15) is 0 Å². The van der Waals surface area contributed by atoms with E-state index < -0.39 is 12.1 Å². The Morgan fingerprint density at radius 3 is 2.52 bits per heavy atom. The second-order valence-electron chi connectivity index (χ2n) is 7.92. The predicted molar refractivity (Wildman–Crippen MR) is 101 cm³/mol. The maximum Gasteiger partial charge on any atom is 0.246 e. The molecular formula is C21H27N3O3. The monoisotopic (exact) mass is 369 g/mol. The first-order chi connectivity index (χ1) is 13.1. The number of piperazine rings is 2. The van der Waals surface area contributed by atoms with Gasteiger partial charge in [0.2, 0.25) is 17.7 Å². The first kappa shape index (κ1) is 18.0.